The minimum Gasteiger partial charge on any atom is -0.482 e. The molecule has 0 aliphatic rings. The Morgan fingerprint density at radius 2 is 2.17 bits per heavy atom. The quantitative estimate of drug-likeness (QED) is 0.804. The molecule has 0 atom stereocenters. The SMILES string of the molecule is Cc1cc(Br)cc(Cl)c1OCC(=O)NC(=O)NCc1ccco1. The lowest BCUT2D eigenvalue weighted by Crippen LogP contribution is -2.41. The highest BCUT2D eigenvalue weighted by Crippen LogP contribution is 2.31. The number of hydrogen-bond donors (Lipinski definition) is 2. The molecule has 8 heteroatoms. The summed E-state index contributed by atoms with van der Waals surface area (Å²) in [5, 5.41) is 5.03. The molecule has 0 radical (unpaired) electrons. The van der Waals surface area contributed by atoms with Crippen LogP contribution in [0.1, 0.15) is 11.3 Å². The molecule has 1 aromatic carbocycles. The monoisotopic (exact) mass is 400 g/mol. The Bertz CT molecular complexity index is 681. The fourth-order valence-electron chi connectivity index (χ4n) is 1.80. The van der Waals surface area contributed by atoms with Crippen molar-refractivity contribution in [3.63, 3.8) is 0 Å². The van der Waals surface area contributed by atoms with Crippen molar-refractivity contribution >= 4 is 39.5 Å². The molecule has 2 rings (SSSR count). The van der Waals surface area contributed by atoms with E-state index in [1.54, 1.807) is 25.1 Å². The number of hydrogen-bond acceptors (Lipinski definition) is 4. The van der Waals surface area contributed by atoms with Gasteiger partial charge in [0.25, 0.3) is 5.91 Å². The molecule has 0 aliphatic heterocycles. The van der Waals surface area contributed by atoms with Gasteiger partial charge in [-0.05, 0) is 36.8 Å². The number of urea groups is 1. The van der Waals surface area contributed by atoms with Gasteiger partial charge < -0.3 is 14.5 Å². The van der Waals surface area contributed by atoms with Gasteiger partial charge in [0, 0.05) is 4.47 Å². The first-order valence-corrected chi connectivity index (χ1v) is 7.81. The Kier molecular flexibility index (Phi) is 6.06. The normalized spacial score (nSPS) is 10.2. The Balaban J connectivity index is 1.80. The number of furan rings is 1. The van der Waals surface area contributed by atoms with Crippen LogP contribution in [0.4, 0.5) is 4.79 Å². The van der Waals surface area contributed by atoms with Crippen LogP contribution in [-0.2, 0) is 11.3 Å². The number of benzene rings is 1. The molecule has 0 aliphatic carbocycles. The average molecular weight is 402 g/mol. The Morgan fingerprint density at radius 1 is 1.39 bits per heavy atom. The third kappa shape index (κ3) is 5.30. The number of nitrogens with one attached hydrogen (secondary N) is 2. The number of halogens is 2. The lowest BCUT2D eigenvalue weighted by molar-refractivity contribution is -0.122. The van der Waals surface area contributed by atoms with Gasteiger partial charge in [-0.3, -0.25) is 10.1 Å². The van der Waals surface area contributed by atoms with Crippen LogP contribution in [0.5, 0.6) is 5.75 Å². The van der Waals surface area contributed by atoms with Crippen LogP contribution in [0, 0.1) is 6.92 Å². The van der Waals surface area contributed by atoms with Gasteiger partial charge in [0.05, 0.1) is 17.8 Å². The molecular formula is C15H14BrClN2O4. The number of amides is 3. The number of carbonyl (C=O) groups is 2. The van der Waals surface area contributed by atoms with Crippen molar-refractivity contribution in [3.05, 3.63) is 51.3 Å². The van der Waals surface area contributed by atoms with Crippen LogP contribution in [0.2, 0.25) is 5.02 Å². The molecule has 122 valence electrons. The third-order valence-electron chi connectivity index (χ3n) is 2.80. The number of ether oxygens (including phenoxy) is 1. The van der Waals surface area contributed by atoms with Crippen LogP contribution >= 0.6 is 27.5 Å². The number of imide groups is 1. The minimum absolute atomic E-state index is 0.185. The number of rotatable bonds is 5. The van der Waals surface area contributed by atoms with E-state index in [2.05, 4.69) is 26.6 Å². The molecule has 0 saturated carbocycles. The standard InChI is InChI=1S/C15H14BrClN2O4/c1-9-5-10(16)6-12(17)14(9)23-8-13(20)19-15(21)18-7-11-3-2-4-22-11/h2-6H,7-8H2,1H3,(H2,18,19,20,21). The van der Waals surface area contributed by atoms with Gasteiger partial charge >= 0.3 is 6.03 Å². The van der Waals surface area contributed by atoms with Gasteiger partial charge in [0.15, 0.2) is 6.61 Å². The fourth-order valence-corrected chi connectivity index (χ4v) is 2.82. The molecule has 1 aromatic heterocycles. The third-order valence-corrected chi connectivity index (χ3v) is 3.54. The van der Waals surface area contributed by atoms with E-state index in [4.69, 9.17) is 20.8 Å². The first kappa shape index (κ1) is 17.4. The summed E-state index contributed by atoms with van der Waals surface area (Å²) in [6.45, 7) is 1.67. The van der Waals surface area contributed by atoms with Gasteiger partial charge in [0.1, 0.15) is 11.5 Å². The molecule has 0 saturated heterocycles. The number of carbonyl (C=O) groups excluding carboxylic acids is 2. The summed E-state index contributed by atoms with van der Waals surface area (Å²) in [5.74, 6) is 0.405. The van der Waals surface area contributed by atoms with Crippen molar-refractivity contribution in [2.24, 2.45) is 0 Å². The van der Waals surface area contributed by atoms with E-state index in [1.807, 2.05) is 6.07 Å². The van der Waals surface area contributed by atoms with Gasteiger partial charge in [0.2, 0.25) is 0 Å². The maximum atomic E-state index is 11.7. The first-order chi connectivity index (χ1) is 11.0. The van der Waals surface area contributed by atoms with Crippen molar-refractivity contribution in [2.75, 3.05) is 6.61 Å². The highest BCUT2D eigenvalue weighted by Gasteiger charge is 2.12. The second-order valence-corrected chi connectivity index (χ2v) is 5.96. The first-order valence-electron chi connectivity index (χ1n) is 6.64. The molecule has 0 spiro atoms. The van der Waals surface area contributed by atoms with Crippen LogP contribution in [0.3, 0.4) is 0 Å². The van der Waals surface area contributed by atoms with Crippen LogP contribution < -0.4 is 15.4 Å². The van der Waals surface area contributed by atoms with Crippen molar-refractivity contribution in [1.29, 1.82) is 0 Å². The van der Waals surface area contributed by atoms with E-state index >= 15 is 0 Å². The second kappa shape index (κ2) is 8.03. The van der Waals surface area contributed by atoms with Crippen molar-refractivity contribution in [2.45, 2.75) is 13.5 Å². The maximum absolute atomic E-state index is 11.7. The summed E-state index contributed by atoms with van der Waals surface area (Å²) >= 11 is 9.37. The summed E-state index contributed by atoms with van der Waals surface area (Å²) in [6.07, 6.45) is 1.50. The molecule has 2 N–H and O–H groups in total. The fraction of sp³-hybridized carbons (Fsp3) is 0.200. The Labute approximate surface area is 146 Å². The summed E-state index contributed by atoms with van der Waals surface area (Å²) < 4.78 is 11.2. The van der Waals surface area contributed by atoms with Crippen molar-refractivity contribution < 1.29 is 18.7 Å². The smallest absolute Gasteiger partial charge is 0.321 e. The lowest BCUT2D eigenvalue weighted by atomic mass is 10.2. The minimum atomic E-state index is -0.631. The molecule has 2 aromatic rings. The number of aryl methyl sites for hydroxylation is 1. The molecule has 3 amide bonds. The summed E-state index contributed by atoms with van der Waals surface area (Å²) in [5.41, 5.74) is 0.777. The van der Waals surface area contributed by atoms with E-state index in [0.29, 0.717) is 16.5 Å². The Morgan fingerprint density at radius 3 is 2.83 bits per heavy atom. The van der Waals surface area contributed by atoms with E-state index in [1.165, 1.54) is 6.26 Å². The Hall–Kier alpha value is -1.99. The molecular weight excluding hydrogens is 388 g/mol. The van der Waals surface area contributed by atoms with E-state index < -0.39 is 11.9 Å². The summed E-state index contributed by atoms with van der Waals surface area (Å²) in [7, 11) is 0. The zero-order valence-corrected chi connectivity index (χ0v) is 14.5. The average Bonchev–Trinajstić information content (AvgIpc) is 2.97. The zero-order valence-electron chi connectivity index (χ0n) is 12.2. The van der Waals surface area contributed by atoms with Gasteiger partial charge in [-0.2, -0.15) is 0 Å². The van der Waals surface area contributed by atoms with Gasteiger partial charge in [-0.15, -0.1) is 0 Å². The van der Waals surface area contributed by atoms with Gasteiger partial charge in [-0.1, -0.05) is 27.5 Å². The molecule has 0 fully saturated rings. The highest BCUT2D eigenvalue weighted by atomic mass is 79.9. The second-order valence-electron chi connectivity index (χ2n) is 4.63. The van der Waals surface area contributed by atoms with Crippen LogP contribution in [0.15, 0.2) is 39.4 Å². The molecule has 1 heterocycles. The summed E-state index contributed by atoms with van der Waals surface area (Å²) in [6, 6.07) is 6.27. The lowest BCUT2D eigenvalue weighted by Gasteiger charge is -2.11. The van der Waals surface area contributed by atoms with Gasteiger partial charge in [-0.25, -0.2) is 4.79 Å². The maximum Gasteiger partial charge on any atom is 0.321 e. The van der Waals surface area contributed by atoms with E-state index in [0.717, 1.165) is 10.0 Å². The zero-order chi connectivity index (χ0) is 16.8. The molecule has 6 nitrogen and oxygen atoms in total. The topological polar surface area (TPSA) is 80.6 Å². The largest absolute Gasteiger partial charge is 0.482 e. The van der Waals surface area contributed by atoms with Crippen LogP contribution in [-0.4, -0.2) is 18.5 Å². The predicted molar refractivity (Wildman–Crippen MR) is 88.5 cm³/mol. The van der Waals surface area contributed by atoms with Crippen molar-refractivity contribution in [3.8, 4) is 5.75 Å². The van der Waals surface area contributed by atoms with Crippen LogP contribution in [0.25, 0.3) is 0 Å². The predicted octanol–water partition coefficient (Wildman–Crippen LogP) is 3.41. The molecule has 0 unspecified atom stereocenters. The van der Waals surface area contributed by atoms with E-state index in [9.17, 15) is 9.59 Å². The van der Waals surface area contributed by atoms with Crippen molar-refractivity contribution in [1.82, 2.24) is 10.6 Å². The summed E-state index contributed by atoms with van der Waals surface area (Å²) in [4.78, 5) is 23.3. The molecule has 23 heavy (non-hydrogen) atoms. The van der Waals surface area contributed by atoms with E-state index in [-0.39, 0.29) is 13.2 Å². The molecule has 0 bridgehead atoms. The highest BCUT2D eigenvalue weighted by molar-refractivity contribution is 9.10.